The van der Waals surface area contributed by atoms with E-state index in [0.29, 0.717) is 18.8 Å². The number of ether oxygens (including phenoxy) is 1. The van der Waals surface area contributed by atoms with Gasteiger partial charge < -0.3 is 20.1 Å². The van der Waals surface area contributed by atoms with Crippen LogP contribution in [0.1, 0.15) is 87.7 Å². The lowest BCUT2D eigenvalue weighted by atomic mass is 9.76. The molecular formula is C31H39F5O5S. The first-order valence-electron chi connectivity index (χ1n) is 14.3. The number of thioether (sulfide) groups is 1. The molecule has 0 spiro atoms. The quantitative estimate of drug-likeness (QED) is 0.129. The van der Waals surface area contributed by atoms with Gasteiger partial charge in [-0.25, -0.2) is 0 Å². The Morgan fingerprint density at radius 3 is 2.14 bits per heavy atom. The summed E-state index contributed by atoms with van der Waals surface area (Å²) in [6, 6.07) is 12.4. The number of phenolic OH excluding ortho intramolecular Hbond substituents is 2. The fourth-order valence-corrected chi connectivity index (χ4v) is 6.84. The van der Waals surface area contributed by atoms with Crippen molar-refractivity contribution in [3.05, 3.63) is 53.6 Å². The molecule has 1 unspecified atom stereocenters. The molecule has 3 rings (SSSR count). The van der Waals surface area contributed by atoms with E-state index in [1.165, 1.54) is 0 Å². The van der Waals surface area contributed by atoms with Gasteiger partial charge in [-0.3, -0.25) is 4.79 Å². The van der Waals surface area contributed by atoms with Crippen LogP contribution in [0.2, 0.25) is 0 Å². The Hall–Kier alpha value is -2.69. The van der Waals surface area contributed by atoms with Crippen LogP contribution in [0.5, 0.6) is 17.2 Å². The van der Waals surface area contributed by atoms with Crippen LogP contribution < -0.4 is 4.74 Å². The van der Waals surface area contributed by atoms with Gasteiger partial charge in [0.1, 0.15) is 23.9 Å². The first-order chi connectivity index (χ1) is 19.8. The molecule has 3 N–H and O–H groups in total. The van der Waals surface area contributed by atoms with Crippen molar-refractivity contribution in [1.29, 1.82) is 0 Å². The van der Waals surface area contributed by atoms with E-state index in [-0.39, 0.29) is 35.0 Å². The fraction of sp³-hybridized carbons (Fsp3) is 0.581. The van der Waals surface area contributed by atoms with Gasteiger partial charge in [-0.05, 0) is 61.3 Å². The zero-order valence-electron chi connectivity index (χ0n) is 23.6. The molecule has 2 aromatic carbocycles. The Labute approximate surface area is 247 Å². The van der Waals surface area contributed by atoms with Crippen molar-refractivity contribution in [2.75, 3.05) is 12.9 Å². The highest BCUT2D eigenvalue weighted by molar-refractivity contribution is 7.99. The first-order valence-corrected chi connectivity index (χ1v) is 15.5. The lowest BCUT2D eigenvalue weighted by Gasteiger charge is -2.44. The maximum absolute atomic E-state index is 13.1. The predicted molar refractivity (Wildman–Crippen MR) is 153 cm³/mol. The average molecular weight is 619 g/mol. The molecule has 0 aromatic heterocycles. The van der Waals surface area contributed by atoms with Crippen LogP contribution in [0.15, 0.2) is 42.5 Å². The number of hydrogen-bond acceptors (Lipinski definition) is 5. The Bertz CT molecular complexity index is 1160. The van der Waals surface area contributed by atoms with Crippen LogP contribution in [0.3, 0.4) is 0 Å². The molecule has 1 aliphatic rings. The van der Waals surface area contributed by atoms with Gasteiger partial charge in [-0.1, -0.05) is 56.7 Å². The molecule has 1 heterocycles. The van der Waals surface area contributed by atoms with E-state index in [1.807, 2.05) is 24.5 Å². The van der Waals surface area contributed by atoms with Crippen molar-refractivity contribution < 1.29 is 46.8 Å². The number of phenols is 2. The molecule has 0 aliphatic carbocycles. The normalized spacial score (nSPS) is 19.6. The molecule has 0 bridgehead atoms. The zero-order valence-corrected chi connectivity index (χ0v) is 24.5. The van der Waals surface area contributed by atoms with Crippen molar-refractivity contribution in [3.63, 3.8) is 0 Å². The molecule has 3 atom stereocenters. The summed E-state index contributed by atoms with van der Waals surface area (Å²) in [6.45, 7) is 0.415. The smallest absolute Gasteiger partial charge is 0.453 e. The van der Waals surface area contributed by atoms with E-state index in [4.69, 9.17) is 4.74 Å². The Morgan fingerprint density at radius 2 is 1.52 bits per heavy atom. The van der Waals surface area contributed by atoms with E-state index in [9.17, 15) is 42.1 Å². The molecule has 2 aromatic rings. The Kier molecular flexibility index (Phi) is 11.8. The highest BCUT2D eigenvalue weighted by atomic mass is 32.2. The second-order valence-electron chi connectivity index (χ2n) is 11.0. The molecule has 0 saturated carbocycles. The van der Waals surface area contributed by atoms with E-state index >= 15 is 0 Å². The minimum atomic E-state index is -5.62. The molecular weight excluding hydrogens is 579 g/mol. The highest BCUT2D eigenvalue weighted by Crippen LogP contribution is 2.55. The van der Waals surface area contributed by atoms with Gasteiger partial charge in [0.25, 0.3) is 0 Å². The number of benzene rings is 2. The zero-order chi connectivity index (χ0) is 31.0. The standard InChI is InChI=1S/C31H39F5O5S/c1-42-29(22-12-14-23(37)15-13-22)20-41-27-19-24(38)16-17-25(27)26(29)11-7-5-3-2-4-6-9-21(28(39)40)10-8-18-30(32,33)31(34,35)36/h12-17,19,21,26,37-38H,2-11,18,20H2,1H3,(H,39,40)/t21?,26-,29+/m0/s1. The van der Waals surface area contributed by atoms with Crippen molar-refractivity contribution in [2.24, 2.45) is 5.92 Å². The minimum Gasteiger partial charge on any atom is -0.508 e. The number of carboxylic acids is 1. The summed E-state index contributed by atoms with van der Waals surface area (Å²) < 4.78 is 69.0. The predicted octanol–water partition coefficient (Wildman–Crippen LogP) is 9.02. The number of halogens is 5. The number of rotatable bonds is 16. The highest BCUT2D eigenvalue weighted by Gasteiger charge is 2.56. The molecule has 234 valence electrons. The number of hydrogen-bond donors (Lipinski definition) is 3. The van der Waals surface area contributed by atoms with Gasteiger partial charge in [0.15, 0.2) is 0 Å². The molecule has 5 nitrogen and oxygen atoms in total. The summed E-state index contributed by atoms with van der Waals surface area (Å²) in [6.07, 6.45) is 0.419. The molecule has 0 fully saturated rings. The molecule has 11 heteroatoms. The summed E-state index contributed by atoms with van der Waals surface area (Å²) in [5.41, 5.74) is 2.07. The van der Waals surface area contributed by atoms with Crippen molar-refractivity contribution in [3.8, 4) is 17.2 Å². The Balaban J connectivity index is 1.49. The minimum absolute atomic E-state index is 0.0995. The lowest BCUT2D eigenvalue weighted by molar-refractivity contribution is -0.284. The van der Waals surface area contributed by atoms with Crippen LogP contribution in [0.25, 0.3) is 0 Å². The number of aromatic hydroxyl groups is 2. The second kappa shape index (κ2) is 14.7. The average Bonchev–Trinajstić information content (AvgIpc) is 2.93. The van der Waals surface area contributed by atoms with Gasteiger partial charge in [-0.2, -0.15) is 22.0 Å². The van der Waals surface area contributed by atoms with E-state index < -0.39 is 36.8 Å². The third-order valence-electron chi connectivity index (χ3n) is 8.20. The largest absolute Gasteiger partial charge is 0.508 e. The van der Waals surface area contributed by atoms with Gasteiger partial charge in [0.2, 0.25) is 0 Å². The van der Waals surface area contributed by atoms with Crippen LogP contribution in [0, 0.1) is 5.92 Å². The third kappa shape index (κ3) is 8.45. The number of unbranched alkanes of at least 4 members (excludes halogenated alkanes) is 5. The molecule has 1 aliphatic heterocycles. The summed E-state index contributed by atoms with van der Waals surface area (Å²) in [4.78, 5) is 11.5. The molecule has 0 radical (unpaired) electrons. The summed E-state index contributed by atoms with van der Waals surface area (Å²) in [5.74, 6) is -5.81. The fourth-order valence-electron chi connectivity index (χ4n) is 5.76. The summed E-state index contributed by atoms with van der Waals surface area (Å²) in [7, 11) is 0. The van der Waals surface area contributed by atoms with Gasteiger partial charge >= 0.3 is 18.1 Å². The van der Waals surface area contributed by atoms with Crippen molar-refractivity contribution in [1.82, 2.24) is 0 Å². The van der Waals surface area contributed by atoms with Gasteiger partial charge in [0, 0.05) is 18.4 Å². The van der Waals surface area contributed by atoms with Crippen LogP contribution >= 0.6 is 11.8 Å². The number of aliphatic carboxylic acids is 1. The van der Waals surface area contributed by atoms with Crippen molar-refractivity contribution >= 4 is 17.7 Å². The van der Waals surface area contributed by atoms with E-state index in [0.717, 1.165) is 49.7 Å². The molecule has 42 heavy (non-hydrogen) atoms. The maximum Gasteiger partial charge on any atom is 0.453 e. The second-order valence-corrected chi connectivity index (χ2v) is 12.2. The summed E-state index contributed by atoms with van der Waals surface area (Å²) >= 11 is 1.70. The Morgan fingerprint density at radius 1 is 0.929 bits per heavy atom. The number of fused-ring (bicyclic) bond motifs is 1. The number of carboxylic acid groups (broad SMARTS) is 1. The van der Waals surface area contributed by atoms with E-state index in [2.05, 4.69) is 0 Å². The van der Waals surface area contributed by atoms with Gasteiger partial charge in [0.05, 0.1) is 10.7 Å². The molecule has 0 saturated heterocycles. The third-order valence-corrected chi connectivity index (χ3v) is 9.57. The SMILES string of the molecule is CS[C@@]1(c2ccc(O)cc2)COc2cc(O)ccc2[C@@H]1CCCCCCCCC(CCCC(F)(F)C(F)(F)F)C(=O)O. The number of carbonyl (C=O) groups is 1. The lowest BCUT2D eigenvalue weighted by Crippen LogP contribution is -2.40. The van der Waals surface area contributed by atoms with Gasteiger partial charge in [-0.15, -0.1) is 11.8 Å². The van der Waals surface area contributed by atoms with E-state index in [1.54, 1.807) is 36.0 Å². The number of alkyl halides is 5. The maximum atomic E-state index is 13.1. The molecule has 0 amide bonds. The topological polar surface area (TPSA) is 87.0 Å². The van der Waals surface area contributed by atoms with Crippen LogP contribution in [-0.2, 0) is 9.54 Å². The first kappa shape index (κ1) is 33.8. The summed E-state index contributed by atoms with van der Waals surface area (Å²) in [5, 5.41) is 29.2. The van der Waals surface area contributed by atoms with Crippen molar-refractivity contribution in [2.45, 2.75) is 93.4 Å². The van der Waals surface area contributed by atoms with Crippen LogP contribution in [-0.4, -0.2) is 46.3 Å². The monoisotopic (exact) mass is 618 g/mol. The van der Waals surface area contributed by atoms with Crippen LogP contribution in [0.4, 0.5) is 22.0 Å².